The molecule has 0 spiro atoms. The van der Waals surface area contributed by atoms with Gasteiger partial charge in [-0.1, -0.05) is 18.2 Å². The van der Waals surface area contributed by atoms with E-state index in [1.807, 2.05) is 6.07 Å². The predicted octanol–water partition coefficient (Wildman–Crippen LogP) is 2.70. The van der Waals surface area contributed by atoms with Crippen LogP contribution >= 0.6 is 0 Å². The number of piperazine rings is 1. The molecule has 1 aliphatic rings. The number of rotatable bonds is 3. The van der Waals surface area contributed by atoms with Crippen molar-refractivity contribution in [1.29, 1.82) is 0 Å². The van der Waals surface area contributed by atoms with Gasteiger partial charge in [0.1, 0.15) is 16.7 Å². The lowest BCUT2D eigenvalue weighted by molar-refractivity contribution is -0.139. The summed E-state index contributed by atoms with van der Waals surface area (Å²) in [5, 5.41) is 3.23. The first-order valence-corrected chi connectivity index (χ1v) is 10.1. The Hall–Kier alpha value is -2.59. The highest BCUT2D eigenvalue weighted by Gasteiger charge is 2.37. The smallest absolute Gasteiger partial charge is 0.367 e. The first-order valence-electron chi connectivity index (χ1n) is 8.64. The van der Waals surface area contributed by atoms with Crippen LogP contribution in [0.25, 0.3) is 11.0 Å². The van der Waals surface area contributed by atoms with Crippen molar-refractivity contribution in [2.24, 2.45) is 0 Å². The average molecular weight is 410 g/mol. The Labute approximate surface area is 159 Å². The van der Waals surface area contributed by atoms with E-state index in [1.165, 1.54) is 6.07 Å². The molecule has 10 heteroatoms. The molecule has 1 N–H and O–H groups in total. The largest absolute Gasteiger partial charge is 0.417 e. The van der Waals surface area contributed by atoms with Crippen LogP contribution < -0.4 is 10.2 Å². The van der Waals surface area contributed by atoms with Crippen LogP contribution in [0.1, 0.15) is 5.56 Å². The van der Waals surface area contributed by atoms with Crippen molar-refractivity contribution in [1.82, 2.24) is 14.3 Å². The van der Waals surface area contributed by atoms with Crippen molar-refractivity contribution in [3.8, 4) is 0 Å². The second kappa shape index (κ2) is 6.78. The van der Waals surface area contributed by atoms with Crippen LogP contribution in [0.5, 0.6) is 0 Å². The first-order chi connectivity index (χ1) is 13.3. The zero-order valence-electron chi connectivity index (χ0n) is 14.6. The van der Waals surface area contributed by atoms with E-state index >= 15 is 0 Å². The number of para-hydroxylation sites is 1. The van der Waals surface area contributed by atoms with Gasteiger partial charge in [0.2, 0.25) is 0 Å². The number of benzene rings is 2. The van der Waals surface area contributed by atoms with Crippen LogP contribution in [-0.4, -0.2) is 43.6 Å². The SMILES string of the molecule is O=S(=O)(c1ccccc1C(F)(F)F)n1cnc2c(N3CCNCC3)cccc21. The van der Waals surface area contributed by atoms with Gasteiger partial charge in [0.25, 0.3) is 10.0 Å². The standard InChI is InChI=1S/C18H17F3N4O2S/c19-18(20,21)13-4-1-2-7-16(13)28(26,27)25-12-23-17-14(5-3-6-15(17)25)24-10-8-22-9-11-24/h1-7,12,22H,8-11H2. The fourth-order valence-corrected chi connectivity index (χ4v) is 4.89. The highest BCUT2D eigenvalue weighted by atomic mass is 32.2. The summed E-state index contributed by atoms with van der Waals surface area (Å²) in [6, 6.07) is 9.22. The van der Waals surface area contributed by atoms with Gasteiger partial charge in [0.15, 0.2) is 0 Å². The van der Waals surface area contributed by atoms with E-state index in [9.17, 15) is 21.6 Å². The van der Waals surface area contributed by atoms with E-state index in [4.69, 9.17) is 0 Å². The van der Waals surface area contributed by atoms with E-state index in [0.717, 1.165) is 60.4 Å². The summed E-state index contributed by atoms with van der Waals surface area (Å²) in [7, 11) is -4.48. The number of aromatic nitrogens is 2. The Balaban J connectivity index is 1.87. The van der Waals surface area contributed by atoms with Gasteiger partial charge in [-0.2, -0.15) is 13.2 Å². The molecule has 2 aromatic carbocycles. The van der Waals surface area contributed by atoms with Crippen molar-refractivity contribution in [2.75, 3.05) is 31.1 Å². The molecule has 1 saturated heterocycles. The predicted molar refractivity (Wildman–Crippen MR) is 98.8 cm³/mol. The topological polar surface area (TPSA) is 67.2 Å². The highest BCUT2D eigenvalue weighted by molar-refractivity contribution is 7.90. The molecule has 0 unspecified atom stereocenters. The second-order valence-corrected chi connectivity index (χ2v) is 8.20. The van der Waals surface area contributed by atoms with Gasteiger partial charge in [-0.25, -0.2) is 17.4 Å². The number of nitrogens with zero attached hydrogens (tertiary/aromatic N) is 3. The van der Waals surface area contributed by atoms with Gasteiger partial charge >= 0.3 is 6.18 Å². The number of hydrogen-bond acceptors (Lipinski definition) is 5. The summed E-state index contributed by atoms with van der Waals surface area (Å²) in [6.07, 6.45) is -3.72. The van der Waals surface area contributed by atoms with Crippen LogP contribution in [0, 0.1) is 0 Å². The van der Waals surface area contributed by atoms with Crippen molar-refractivity contribution in [3.63, 3.8) is 0 Å². The fourth-order valence-electron chi connectivity index (χ4n) is 3.39. The molecule has 3 aromatic rings. The molecule has 0 radical (unpaired) electrons. The lowest BCUT2D eigenvalue weighted by Crippen LogP contribution is -2.43. The van der Waals surface area contributed by atoms with Crippen LogP contribution in [-0.2, 0) is 16.2 Å². The molecule has 148 valence electrons. The molecule has 0 atom stereocenters. The van der Waals surface area contributed by atoms with Crippen molar-refractivity contribution < 1.29 is 21.6 Å². The third-order valence-electron chi connectivity index (χ3n) is 4.71. The number of hydrogen-bond donors (Lipinski definition) is 1. The van der Waals surface area contributed by atoms with Gasteiger partial charge in [-0.15, -0.1) is 0 Å². The van der Waals surface area contributed by atoms with Crippen LogP contribution in [0.4, 0.5) is 18.9 Å². The third kappa shape index (κ3) is 3.12. The molecule has 6 nitrogen and oxygen atoms in total. The summed E-state index contributed by atoms with van der Waals surface area (Å²) in [5.41, 5.74) is 0.248. The van der Waals surface area contributed by atoms with E-state index in [1.54, 1.807) is 12.1 Å². The Kier molecular flexibility index (Phi) is 4.54. The van der Waals surface area contributed by atoms with Gasteiger partial charge in [-0.3, -0.25) is 0 Å². The minimum atomic E-state index is -4.79. The number of alkyl halides is 3. The molecule has 1 aromatic heterocycles. The van der Waals surface area contributed by atoms with Crippen molar-refractivity contribution in [3.05, 3.63) is 54.4 Å². The second-order valence-electron chi connectivity index (χ2n) is 6.42. The third-order valence-corrected chi connectivity index (χ3v) is 6.43. The van der Waals surface area contributed by atoms with Gasteiger partial charge in [-0.05, 0) is 24.3 Å². The molecule has 2 heterocycles. The zero-order chi connectivity index (χ0) is 19.9. The monoisotopic (exact) mass is 410 g/mol. The normalized spacial score (nSPS) is 15.9. The van der Waals surface area contributed by atoms with Crippen molar-refractivity contribution in [2.45, 2.75) is 11.1 Å². The molecule has 4 rings (SSSR count). The number of anilines is 1. The number of imidazole rings is 1. The lowest BCUT2D eigenvalue weighted by atomic mass is 10.2. The quantitative estimate of drug-likeness (QED) is 0.719. The summed E-state index contributed by atoms with van der Waals surface area (Å²) < 4.78 is 67.0. The van der Waals surface area contributed by atoms with Crippen LogP contribution in [0.2, 0.25) is 0 Å². The van der Waals surface area contributed by atoms with E-state index in [-0.39, 0.29) is 5.52 Å². The first kappa shape index (κ1) is 18.8. The minimum Gasteiger partial charge on any atom is -0.367 e. The maximum atomic E-state index is 13.3. The molecule has 28 heavy (non-hydrogen) atoms. The fraction of sp³-hybridized carbons (Fsp3) is 0.278. The number of nitrogens with one attached hydrogen (secondary N) is 1. The van der Waals surface area contributed by atoms with Crippen LogP contribution in [0.15, 0.2) is 53.7 Å². The van der Waals surface area contributed by atoms with Gasteiger partial charge in [0, 0.05) is 26.2 Å². The van der Waals surface area contributed by atoms with E-state index < -0.39 is 26.7 Å². The Bertz CT molecular complexity index is 1120. The Morgan fingerprint density at radius 2 is 1.71 bits per heavy atom. The summed E-state index contributed by atoms with van der Waals surface area (Å²) in [5.74, 6) is 0. The highest BCUT2D eigenvalue weighted by Crippen LogP contribution is 2.36. The van der Waals surface area contributed by atoms with Gasteiger partial charge < -0.3 is 10.2 Å². The number of halogens is 3. The molecule has 0 saturated carbocycles. The minimum absolute atomic E-state index is 0.244. The van der Waals surface area contributed by atoms with E-state index in [0.29, 0.717) is 5.52 Å². The molecular formula is C18H17F3N4O2S. The van der Waals surface area contributed by atoms with Crippen LogP contribution in [0.3, 0.4) is 0 Å². The molecule has 0 amide bonds. The summed E-state index contributed by atoms with van der Waals surface area (Å²) in [6.45, 7) is 3.04. The molecule has 1 aliphatic heterocycles. The molecular weight excluding hydrogens is 393 g/mol. The van der Waals surface area contributed by atoms with Gasteiger partial charge in [0.05, 0.1) is 16.8 Å². The average Bonchev–Trinajstić information content (AvgIpc) is 3.13. The van der Waals surface area contributed by atoms with Crippen molar-refractivity contribution >= 4 is 26.7 Å². The Morgan fingerprint density at radius 1 is 1.00 bits per heavy atom. The summed E-state index contributed by atoms with van der Waals surface area (Å²) >= 11 is 0. The Morgan fingerprint density at radius 3 is 2.43 bits per heavy atom. The van der Waals surface area contributed by atoms with E-state index in [2.05, 4.69) is 15.2 Å². The molecule has 0 bridgehead atoms. The lowest BCUT2D eigenvalue weighted by Gasteiger charge is -2.29. The summed E-state index contributed by atoms with van der Waals surface area (Å²) in [4.78, 5) is 5.50. The zero-order valence-corrected chi connectivity index (χ0v) is 15.5. The maximum absolute atomic E-state index is 13.3. The maximum Gasteiger partial charge on any atom is 0.417 e. The molecule has 1 fully saturated rings. The molecule has 0 aliphatic carbocycles. The number of fused-ring (bicyclic) bond motifs is 1.